The Bertz CT molecular complexity index is 411. The number of methoxy groups -OCH3 is 1. The fourth-order valence-corrected chi connectivity index (χ4v) is 3.38. The molecule has 0 spiro atoms. The van der Waals surface area contributed by atoms with Crippen LogP contribution in [0.3, 0.4) is 0 Å². The van der Waals surface area contributed by atoms with Gasteiger partial charge in [-0.15, -0.1) is 0 Å². The number of β-lactam (4-membered cyclic amide) rings is 1. The minimum atomic E-state index is -1.43. The Hall–Kier alpha value is -1.25. The minimum absolute atomic E-state index is 0.115. The van der Waals surface area contributed by atoms with Crippen LogP contribution < -0.4 is 5.73 Å². The lowest BCUT2D eigenvalue weighted by Crippen LogP contribution is -2.61. The molecule has 1 saturated heterocycles. The van der Waals surface area contributed by atoms with Gasteiger partial charge in [0.1, 0.15) is 5.37 Å². The molecule has 0 aromatic heterocycles. The highest BCUT2D eigenvalue weighted by atomic mass is 32.2. The zero-order valence-electron chi connectivity index (χ0n) is 9.79. The summed E-state index contributed by atoms with van der Waals surface area (Å²) in [5, 5.41) is 8.48. The average Bonchev–Trinajstić information content (AvgIpc) is 2.61. The van der Waals surface area contributed by atoms with Gasteiger partial charge in [-0.2, -0.15) is 0 Å². The number of carbonyl (C=O) groups excluding carboxylic acids is 1. The third-order valence-electron chi connectivity index (χ3n) is 2.76. The van der Waals surface area contributed by atoms with Crippen LogP contribution >= 0.6 is 11.8 Å². The number of allylic oxidation sites excluding steroid dienone is 1. The molecule has 1 fully saturated rings. The number of nitrogens with zero attached hydrogens (tertiary/aromatic N) is 1. The number of carboxylic acid groups (broad SMARTS) is 1. The van der Waals surface area contributed by atoms with E-state index in [1.807, 2.05) is 0 Å². The molecular formula is C10H14N2O5S. The van der Waals surface area contributed by atoms with Crippen LogP contribution in [-0.2, 0) is 14.3 Å². The quantitative estimate of drug-likeness (QED) is 0.556. The number of nitrogens with two attached hydrogens (primary N) is 1. The van der Waals surface area contributed by atoms with Crippen molar-refractivity contribution in [2.24, 2.45) is 5.73 Å². The predicted octanol–water partition coefficient (Wildman–Crippen LogP) is 0.519. The third-order valence-corrected chi connectivity index (χ3v) is 4.12. The maximum Gasteiger partial charge on any atom is 0.512 e. The zero-order valence-corrected chi connectivity index (χ0v) is 10.6. The topological polar surface area (TPSA) is 102 Å². The molecule has 18 heavy (non-hydrogen) atoms. The van der Waals surface area contributed by atoms with Crippen LogP contribution in [-0.4, -0.2) is 47.2 Å². The Morgan fingerprint density at radius 1 is 1.61 bits per heavy atom. The van der Waals surface area contributed by atoms with Crippen LogP contribution in [0.4, 0.5) is 4.79 Å². The summed E-state index contributed by atoms with van der Waals surface area (Å²) in [6.07, 6.45) is -0.648. The van der Waals surface area contributed by atoms with E-state index in [0.29, 0.717) is 19.4 Å². The van der Waals surface area contributed by atoms with Crippen LogP contribution in [0.25, 0.3) is 0 Å². The van der Waals surface area contributed by atoms with Crippen molar-refractivity contribution in [2.75, 3.05) is 13.7 Å². The van der Waals surface area contributed by atoms with Crippen molar-refractivity contribution in [3.05, 3.63) is 10.8 Å². The fraction of sp³-hybridized carbons (Fsp3) is 0.600. The van der Waals surface area contributed by atoms with E-state index in [4.69, 9.17) is 20.3 Å². The van der Waals surface area contributed by atoms with Crippen molar-refractivity contribution < 1.29 is 24.2 Å². The summed E-state index contributed by atoms with van der Waals surface area (Å²) in [7, 11) is 1.45. The van der Waals surface area contributed by atoms with Gasteiger partial charge in [0.05, 0.1) is 0 Å². The molecule has 100 valence electrons. The SMILES string of the molecule is CO[C@H]1C(=O)N2C(OC(=O)O)=C(CCCN)S[C@H]12. The third kappa shape index (κ3) is 2.06. The summed E-state index contributed by atoms with van der Waals surface area (Å²) in [6.45, 7) is 0.497. The standard InChI is InChI=1S/C10H14N2O5S/c1-16-6-7(13)12-8(17-10(14)15)5(3-2-4-11)18-9(6)12/h6,9H,2-4,11H2,1H3,(H,14,15)/t6-,9+/m0/s1. The molecule has 2 aliphatic rings. The lowest BCUT2D eigenvalue weighted by Gasteiger charge is -2.40. The first-order valence-corrected chi connectivity index (χ1v) is 6.34. The normalized spacial score (nSPS) is 26.1. The first-order chi connectivity index (χ1) is 8.60. The Morgan fingerprint density at radius 3 is 2.89 bits per heavy atom. The number of thioether (sulfide) groups is 1. The van der Waals surface area contributed by atoms with Crippen LogP contribution in [0, 0.1) is 0 Å². The van der Waals surface area contributed by atoms with E-state index in [1.165, 1.54) is 23.8 Å². The molecule has 0 aliphatic carbocycles. The van der Waals surface area contributed by atoms with E-state index in [-0.39, 0.29) is 17.2 Å². The van der Waals surface area contributed by atoms with Crippen molar-refractivity contribution in [2.45, 2.75) is 24.3 Å². The summed E-state index contributed by atoms with van der Waals surface area (Å²) < 4.78 is 9.75. The van der Waals surface area contributed by atoms with Crippen LogP contribution in [0.15, 0.2) is 10.8 Å². The largest absolute Gasteiger partial charge is 0.512 e. The second kappa shape index (κ2) is 5.17. The van der Waals surface area contributed by atoms with Crippen LogP contribution in [0.5, 0.6) is 0 Å². The summed E-state index contributed by atoms with van der Waals surface area (Å²) in [6, 6.07) is 0. The summed E-state index contributed by atoms with van der Waals surface area (Å²) in [4.78, 5) is 24.5. The van der Waals surface area contributed by atoms with Gasteiger partial charge in [0, 0.05) is 12.0 Å². The summed E-state index contributed by atoms with van der Waals surface area (Å²) >= 11 is 1.40. The van der Waals surface area contributed by atoms with Gasteiger partial charge in [0.15, 0.2) is 6.10 Å². The number of hydrogen-bond donors (Lipinski definition) is 2. The van der Waals surface area contributed by atoms with Gasteiger partial charge < -0.3 is 20.3 Å². The average molecular weight is 274 g/mol. The number of fused-ring (bicyclic) bond motifs is 1. The fourth-order valence-electron chi connectivity index (χ4n) is 1.93. The van der Waals surface area contributed by atoms with E-state index in [9.17, 15) is 9.59 Å². The van der Waals surface area contributed by atoms with Gasteiger partial charge in [-0.05, 0) is 19.4 Å². The summed E-state index contributed by atoms with van der Waals surface area (Å²) in [5.41, 5.74) is 5.42. The molecule has 7 nitrogen and oxygen atoms in total. The molecule has 2 rings (SSSR count). The molecule has 3 N–H and O–H groups in total. The van der Waals surface area contributed by atoms with Gasteiger partial charge in [-0.1, -0.05) is 11.8 Å². The first-order valence-electron chi connectivity index (χ1n) is 5.46. The molecule has 0 aromatic carbocycles. The molecule has 2 aliphatic heterocycles. The van der Waals surface area contributed by atoms with E-state index < -0.39 is 12.3 Å². The number of hydrogen-bond acceptors (Lipinski definition) is 6. The second-order valence-corrected chi connectivity index (χ2v) is 5.07. The molecule has 2 atom stereocenters. The molecule has 2 heterocycles. The molecule has 0 bridgehead atoms. The van der Waals surface area contributed by atoms with Gasteiger partial charge in [-0.3, -0.25) is 9.69 Å². The number of ether oxygens (including phenoxy) is 2. The van der Waals surface area contributed by atoms with Crippen molar-refractivity contribution in [3.63, 3.8) is 0 Å². The lowest BCUT2D eigenvalue weighted by atomic mass is 10.1. The molecule has 0 saturated carbocycles. The van der Waals surface area contributed by atoms with E-state index in [2.05, 4.69) is 0 Å². The van der Waals surface area contributed by atoms with E-state index in [0.717, 1.165) is 4.91 Å². The monoisotopic (exact) mass is 274 g/mol. The first kappa shape index (κ1) is 13.2. The highest BCUT2D eigenvalue weighted by molar-refractivity contribution is 8.04. The highest BCUT2D eigenvalue weighted by Crippen LogP contribution is 2.48. The van der Waals surface area contributed by atoms with Gasteiger partial charge in [0.2, 0.25) is 5.88 Å². The number of carbonyl (C=O) groups is 2. The van der Waals surface area contributed by atoms with Gasteiger partial charge in [0.25, 0.3) is 5.91 Å². The zero-order chi connectivity index (χ0) is 13.3. The second-order valence-electron chi connectivity index (χ2n) is 3.86. The molecular weight excluding hydrogens is 260 g/mol. The molecule has 0 radical (unpaired) electrons. The lowest BCUT2D eigenvalue weighted by molar-refractivity contribution is -0.161. The Kier molecular flexibility index (Phi) is 3.79. The predicted molar refractivity (Wildman–Crippen MR) is 63.4 cm³/mol. The van der Waals surface area contributed by atoms with Crippen molar-refractivity contribution in [1.82, 2.24) is 4.90 Å². The molecule has 1 amide bonds. The molecule has 0 aromatic rings. The van der Waals surface area contributed by atoms with Crippen molar-refractivity contribution in [3.8, 4) is 0 Å². The number of rotatable bonds is 5. The van der Waals surface area contributed by atoms with Crippen LogP contribution in [0.1, 0.15) is 12.8 Å². The Labute approximate surface area is 108 Å². The van der Waals surface area contributed by atoms with Crippen LogP contribution in [0.2, 0.25) is 0 Å². The maximum absolute atomic E-state index is 11.7. The van der Waals surface area contributed by atoms with E-state index in [1.54, 1.807) is 0 Å². The highest BCUT2D eigenvalue weighted by Gasteiger charge is 2.56. The molecule has 0 unspecified atom stereocenters. The number of amides is 1. The van der Waals surface area contributed by atoms with Crippen molar-refractivity contribution >= 4 is 23.8 Å². The van der Waals surface area contributed by atoms with Gasteiger partial charge >= 0.3 is 6.16 Å². The van der Waals surface area contributed by atoms with E-state index >= 15 is 0 Å². The molecule has 8 heteroatoms. The Morgan fingerprint density at radius 2 is 2.33 bits per heavy atom. The Balaban J connectivity index is 2.16. The summed E-state index contributed by atoms with van der Waals surface area (Å²) in [5.74, 6) is -0.154. The minimum Gasteiger partial charge on any atom is -0.449 e. The maximum atomic E-state index is 11.7. The smallest absolute Gasteiger partial charge is 0.449 e. The van der Waals surface area contributed by atoms with Crippen molar-refractivity contribution in [1.29, 1.82) is 0 Å². The van der Waals surface area contributed by atoms with Gasteiger partial charge in [-0.25, -0.2) is 4.79 Å².